The summed E-state index contributed by atoms with van der Waals surface area (Å²) >= 11 is 0.902. The molecule has 0 N–H and O–H groups in total. The fourth-order valence-electron chi connectivity index (χ4n) is 3.48. The Morgan fingerprint density at radius 1 is 0.943 bits per heavy atom. The van der Waals surface area contributed by atoms with Crippen molar-refractivity contribution in [1.29, 1.82) is 0 Å². The third-order valence-corrected chi connectivity index (χ3v) is 6.05. The molecule has 1 saturated heterocycles. The van der Waals surface area contributed by atoms with Crippen LogP contribution < -0.4 is 9.47 Å². The lowest BCUT2D eigenvalue weighted by atomic mass is 10.1. The third kappa shape index (κ3) is 5.88. The maximum Gasteiger partial charge on any atom is 0.293 e. The number of nitrogens with zero attached hydrogens (tertiary/aromatic N) is 2. The van der Waals surface area contributed by atoms with E-state index in [4.69, 9.17) is 9.47 Å². The smallest absolute Gasteiger partial charge is 0.293 e. The van der Waals surface area contributed by atoms with E-state index in [0.29, 0.717) is 34.1 Å². The van der Waals surface area contributed by atoms with Gasteiger partial charge in [-0.15, -0.1) is 0 Å². The number of nitro benzene ring substituents is 1. The summed E-state index contributed by atoms with van der Waals surface area (Å²) in [6.07, 6.45) is 1.66. The minimum Gasteiger partial charge on any atom is -0.490 e. The molecule has 0 aliphatic carbocycles. The van der Waals surface area contributed by atoms with Gasteiger partial charge in [-0.1, -0.05) is 48.5 Å². The predicted octanol–water partition coefficient (Wildman–Crippen LogP) is 5.81. The van der Waals surface area contributed by atoms with Gasteiger partial charge in [0.15, 0.2) is 11.5 Å². The first-order chi connectivity index (χ1) is 16.9. The number of thioether (sulfide) groups is 1. The highest BCUT2D eigenvalue weighted by Crippen LogP contribution is 2.35. The van der Waals surface area contributed by atoms with Gasteiger partial charge < -0.3 is 9.47 Å². The lowest BCUT2D eigenvalue weighted by Crippen LogP contribution is -2.27. The second-order valence-electron chi connectivity index (χ2n) is 7.61. The number of imide groups is 1. The molecule has 0 aromatic heterocycles. The number of carbonyl (C=O) groups is 2. The van der Waals surface area contributed by atoms with Crippen molar-refractivity contribution in [1.82, 2.24) is 4.90 Å². The van der Waals surface area contributed by atoms with Gasteiger partial charge in [0.05, 0.1) is 23.0 Å². The van der Waals surface area contributed by atoms with Crippen LogP contribution in [0.4, 0.5) is 10.5 Å². The van der Waals surface area contributed by atoms with Gasteiger partial charge in [0, 0.05) is 12.1 Å². The number of benzene rings is 3. The first-order valence-corrected chi connectivity index (χ1v) is 11.7. The molecular weight excluding hydrogens is 468 g/mol. The zero-order chi connectivity index (χ0) is 24.8. The number of nitro groups is 1. The van der Waals surface area contributed by atoms with E-state index in [2.05, 4.69) is 0 Å². The van der Waals surface area contributed by atoms with Crippen molar-refractivity contribution < 1.29 is 24.0 Å². The van der Waals surface area contributed by atoms with E-state index in [1.54, 1.807) is 36.4 Å². The molecule has 3 aromatic carbocycles. The van der Waals surface area contributed by atoms with Gasteiger partial charge in [0.1, 0.15) is 6.61 Å². The molecule has 1 fully saturated rings. The van der Waals surface area contributed by atoms with E-state index in [1.165, 1.54) is 17.0 Å². The zero-order valence-corrected chi connectivity index (χ0v) is 19.7. The second kappa shape index (κ2) is 10.9. The number of carbonyl (C=O) groups excluding carboxylic acids is 2. The molecule has 2 amide bonds. The van der Waals surface area contributed by atoms with Crippen molar-refractivity contribution in [3.8, 4) is 11.5 Å². The molecular formula is C26H22N2O6S. The van der Waals surface area contributed by atoms with E-state index in [0.717, 1.165) is 17.3 Å². The summed E-state index contributed by atoms with van der Waals surface area (Å²) in [5, 5.41) is 10.7. The summed E-state index contributed by atoms with van der Waals surface area (Å²) in [5.41, 5.74) is 2.20. The Bertz CT molecular complexity index is 1290. The molecule has 35 heavy (non-hydrogen) atoms. The van der Waals surface area contributed by atoms with Gasteiger partial charge >= 0.3 is 0 Å². The van der Waals surface area contributed by atoms with Crippen LogP contribution in [0.2, 0.25) is 0 Å². The van der Waals surface area contributed by atoms with Crippen LogP contribution in [0.3, 0.4) is 0 Å². The normalized spacial score (nSPS) is 14.4. The van der Waals surface area contributed by atoms with E-state index in [9.17, 15) is 19.7 Å². The molecule has 4 rings (SSSR count). The van der Waals surface area contributed by atoms with E-state index in [1.807, 2.05) is 37.3 Å². The summed E-state index contributed by atoms with van der Waals surface area (Å²) in [4.78, 5) is 37.4. The molecule has 9 heteroatoms. The van der Waals surface area contributed by atoms with Gasteiger partial charge in [-0.2, -0.15) is 0 Å². The fourth-order valence-corrected chi connectivity index (χ4v) is 4.31. The largest absolute Gasteiger partial charge is 0.490 e. The Hall–Kier alpha value is -4.11. The maximum atomic E-state index is 12.8. The minimum atomic E-state index is -0.453. The summed E-state index contributed by atoms with van der Waals surface area (Å²) in [7, 11) is 0. The van der Waals surface area contributed by atoms with Gasteiger partial charge in [-0.3, -0.25) is 24.6 Å². The molecule has 3 aromatic rings. The average molecular weight is 491 g/mol. The van der Waals surface area contributed by atoms with Crippen molar-refractivity contribution in [3.05, 3.63) is 105 Å². The van der Waals surface area contributed by atoms with Crippen LogP contribution in [-0.2, 0) is 17.9 Å². The molecule has 1 aliphatic heterocycles. The average Bonchev–Trinajstić information content (AvgIpc) is 3.12. The predicted molar refractivity (Wildman–Crippen MR) is 133 cm³/mol. The first-order valence-electron chi connectivity index (χ1n) is 10.9. The first kappa shape index (κ1) is 24.0. The second-order valence-corrected chi connectivity index (χ2v) is 8.60. The van der Waals surface area contributed by atoms with Crippen molar-refractivity contribution in [2.45, 2.75) is 20.1 Å². The number of hydrogen-bond acceptors (Lipinski definition) is 7. The third-order valence-electron chi connectivity index (χ3n) is 5.14. The van der Waals surface area contributed by atoms with Crippen LogP contribution in [0.1, 0.15) is 23.6 Å². The highest BCUT2D eigenvalue weighted by atomic mass is 32.2. The van der Waals surface area contributed by atoms with Crippen molar-refractivity contribution in [2.75, 3.05) is 6.61 Å². The van der Waals surface area contributed by atoms with Crippen LogP contribution in [0, 0.1) is 10.1 Å². The summed E-state index contributed by atoms with van der Waals surface area (Å²) in [6.45, 7) is 2.58. The van der Waals surface area contributed by atoms with Gasteiger partial charge in [0.25, 0.3) is 16.8 Å². The monoisotopic (exact) mass is 490 g/mol. The van der Waals surface area contributed by atoms with Crippen molar-refractivity contribution >= 4 is 34.7 Å². The summed E-state index contributed by atoms with van der Waals surface area (Å²) in [5.74, 6) is 0.593. The van der Waals surface area contributed by atoms with Crippen LogP contribution >= 0.6 is 11.8 Å². The van der Waals surface area contributed by atoms with E-state index >= 15 is 0 Å². The number of rotatable bonds is 9. The molecule has 0 unspecified atom stereocenters. The maximum absolute atomic E-state index is 12.8. The molecule has 0 atom stereocenters. The number of amides is 2. The van der Waals surface area contributed by atoms with Crippen molar-refractivity contribution in [3.63, 3.8) is 0 Å². The molecule has 0 saturated carbocycles. The number of hydrogen-bond donors (Lipinski definition) is 0. The van der Waals surface area contributed by atoms with Crippen LogP contribution in [0.15, 0.2) is 77.7 Å². The van der Waals surface area contributed by atoms with Crippen LogP contribution in [0.25, 0.3) is 6.08 Å². The highest BCUT2D eigenvalue weighted by molar-refractivity contribution is 8.18. The Labute approximate surface area is 206 Å². The Kier molecular flexibility index (Phi) is 7.47. The van der Waals surface area contributed by atoms with Gasteiger partial charge in [0.2, 0.25) is 0 Å². The molecule has 8 nitrogen and oxygen atoms in total. The SMILES string of the molecule is CCOc1cc(/C=C2/SC(=O)N(Cc3ccccc3)C2=O)ccc1OCc1cccc([N+](=O)[O-])c1. The van der Waals surface area contributed by atoms with E-state index < -0.39 is 4.92 Å². The van der Waals surface area contributed by atoms with Gasteiger partial charge in [-0.25, -0.2) is 0 Å². The number of ether oxygens (including phenoxy) is 2. The molecule has 0 bridgehead atoms. The Balaban J connectivity index is 1.50. The summed E-state index contributed by atoms with van der Waals surface area (Å²) < 4.78 is 11.6. The zero-order valence-electron chi connectivity index (χ0n) is 18.9. The van der Waals surface area contributed by atoms with Crippen molar-refractivity contribution in [2.24, 2.45) is 0 Å². The molecule has 178 valence electrons. The Morgan fingerprint density at radius 2 is 1.71 bits per heavy atom. The van der Waals surface area contributed by atoms with Gasteiger partial charge in [-0.05, 0) is 53.6 Å². The lowest BCUT2D eigenvalue weighted by molar-refractivity contribution is -0.384. The van der Waals surface area contributed by atoms with Crippen LogP contribution in [-0.4, -0.2) is 27.6 Å². The molecule has 0 radical (unpaired) electrons. The summed E-state index contributed by atoms with van der Waals surface area (Å²) in [6, 6.07) is 20.8. The van der Waals surface area contributed by atoms with Crippen LogP contribution in [0.5, 0.6) is 11.5 Å². The quantitative estimate of drug-likeness (QED) is 0.212. The fraction of sp³-hybridized carbons (Fsp3) is 0.154. The Morgan fingerprint density at radius 3 is 2.46 bits per heavy atom. The standard InChI is InChI=1S/C26H22N2O6S/c1-2-33-23-14-19(11-12-22(23)34-17-20-9-6-10-21(13-20)28(31)32)15-24-25(29)27(26(30)35-24)16-18-7-4-3-5-8-18/h3-15H,2,16-17H2,1H3/b24-15+. The lowest BCUT2D eigenvalue weighted by Gasteiger charge is -2.13. The van der Waals surface area contributed by atoms with E-state index in [-0.39, 0.29) is 30.0 Å². The molecule has 1 heterocycles. The number of non-ortho nitro benzene ring substituents is 1. The minimum absolute atomic E-state index is 0.00677. The topological polar surface area (TPSA) is 99.0 Å². The molecule has 1 aliphatic rings. The molecule has 0 spiro atoms. The highest BCUT2D eigenvalue weighted by Gasteiger charge is 2.35.